The summed E-state index contributed by atoms with van der Waals surface area (Å²) in [4.78, 5) is 24.0. The zero-order valence-electron chi connectivity index (χ0n) is 12.4. The van der Waals surface area contributed by atoms with Gasteiger partial charge in [0.1, 0.15) is 11.6 Å². The van der Waals surface area contributed by atoms with Crippen LogP contribution in [-0.4, -0.2) is 18.9 Å². The number of ketones is 1. The number of allylic oxidation sites excluding steroid dienone is 2. The molecule has 0 saturated carbocycles. The molecule has 0 bridgehead atoms. The van der Waals surface area contributed by atoms with Crippen molar-refractivity contribution in [2.45, 2.75) is 12.8 Å². The van der Waals surface area contributed by atoms with Crippen molar-refractivity contribution in [1.29, 1.82) is 5.26 Å². The molecule has 1 aromatic carbocycles. The van der Waals surface area contributed by atoms with Crippen molar-refractivity contribution < 1.29 is 19.1 Å². The van der Waals surface area contributed by atoms with E-state index in [9.17, 15) is 14.9 Å². The van der Waals surface area contributed by atoms with Crippen LogP contribution in [0, 0.1) is 11.3 Å². The Hall–Kier alpha value is -2.78. The topological polar surface area (TPSA) is 102 Å². The largest absolute Gasteiger partial charge is 0.463 e. The Labute approximate surface area is 137 Å². The number of methoxy groups -OCH3 is 1. The number of ether oxygens (including phenoxy) is 2. The SMILES string of the molecule is COC(=O)C1=C(C(C)=O)C(c2cccc(Cl)c2)C(C#N)=C(N)O1. The lowest BCUT2D eigenvalue weighted by Crippen LogP contribution is -2.27. The van der Waals surface area contributed by atoms with Gasteiger partial charge in [0, 0.05) is 5.02 Å². The number of esters is 1. The van der Waals surface area contributed by atoms with Crippen LogP contribution in [0.5, 0.6) is 0 Å². The monoisotopic (exact) mass is 332 g/mol. The van der Waals surface area contributed by atoms with E-state index in [0.717, 1.165) is 7.11 Å². The van der Waals surface area contributed by atoms with Crippen molar-refractivity contribution in [2.24, 2.45) is 5.73 Å². The Morgan fingerprint density at radius 1 is 1.43 bits per heavy atom. The van der Waals surface area contributed by atoms with Gasteiger partial charge in [-0.15, -0.1) is 0 Å². The number of rotatable bonds is 3. The number of nitrogens with zero attached hydrogens (tertiary/aromatic N) is 1. The van der Waals surface area contributed by atoms with E-state index in [1.807, 2.05) is 6.07 Å². The fourth-order valence-corrected chi connectivity index (χ4v) is 2.58. The number of nitrogens with two attached hydrogens (primary N) is 1. The van der Waals surface area contributed by atoms with Crippen molar-refractivity contribution in [2.75, 3.05) is 7.11 Å². The molecule has 0 radical (unpaired) electrons. The summed E-state index contributed by atoms with van der Waals surface area (Å²) in [6, 6.07) is 8.54. The molecular weight excluding hydrogens is 320 g/mol. The van der Waals surface area contributed by atoms with Crippen LogP contribution in [0.1, 0.15) is 18.4 Å². The fraction of sp³-hybridized carbons (Fsp3) is 0.188. The third kappa shape index (κ3) is 3.05. The lowest BCUT2D eigenvalue weighted by molar-refractivity contribution is -0.140. The zero-order chi connectivity index (χ0) is 17.1. The Morgan fingerprint density at radius 3 is 2.65 bits per heavy atom. The van der Waals surface area contributed by atoms with Gasteiger partial charge in [0.05, 0.1) is 18.6 Å². The van der Waals surface area contributed by atoms with E-state index in [0.29, 0.717) is 10.6 Å². The van der Waals surface area contributed by atoms with Gasteiger partial charge in [0.25, 0.3) is 0 Å². The standard InChI is InChI=1S/C16H13ClN2O4/c1-8(20)12-13(9-4-3-5-10(17)6-9)11(7-18)15(19)23-14(12)16(21)22-2/h3-6,13H,19H2,1-2H3. The third-order valence-electron chi connectivity index (χ3n) is 3.35. The van der Waals surface area contributed by atoms with Crippen molar-refractivity contribution in [3.63, 3.8) is 0 Å². The predicted octanol–water partition coefficient (Wildman–Crippen LogP) is 2.16. The summed E-state index contributed by atoms with van der Waals surface area (Å²) in [6.45, 7) is 1.27. The molecule has 1 unspecified atom stereocenters. The number of Topliss-reactive ketones (excluding diaryl/α,β-unsaturated/α-hetero) is 1. The molecular formula is C16H13ClN2O4. The Balaban J connectivity index is 2.75. The average Bonchev–Trinajstić information content (AvgIpc) is 2.52. The number of carbonyl (C=O) groups is 2. The minimum Gasteiger partial charge on any atom is -0.463 e. The first-order chi connectivity index (χ1) is 10.9. The molecule has 0 spiro atoms. The maximum absolute atomic E-state index is 12.1. The van der Waals surface area contributed by atoms with E-state index in [1.165, 1.54) is 6.92 Å². The molecule has 1 heterocycles. The molecule has 118 valence electrons. The lowest BCUT2D eigenvalue weighted by atomic mass is 9.81. The molecule has 2 rings (SSSR count). The second-order valence-corrected chi connectivity index (χ2v) is 5.21. The Morgan fingerprint density at radius 2 is 2.13 bits per heavy atom. The van der Waals surface area contributed by atoms with Crippen molar-refractivity contribution >= 4 is 23.4 Å². The molecule has 2 N–H and O–H groups in total. The van der Waals surface area contributed by atoms with E-state index in [-0.39, 0.29) is 22.8 Å². The van der Waals surface area contributed by atoms with E-state index >= 15 is 0 Å². The number of benzene rings is 1. The van der Waals surface area contributed by atoms with Crippen LogP contribution < -0.4 is 5.73 Å². The maximum atomic E-state index is 12.1. The van der Waals surface area contributed by atoms with Gasteiger partial charge in [-0.3, -0.25) is 4.79 Å². The van der Waals surface area contributed by atoms with Crippen molar-refractivity contribution in [3.05, 3.63) is 57.6 Å². The normalized spacial score (nSPS) is 17.4. The van der Waals surface area contributed by atoms with E-state index < -0.39 is 17.7 Å². The third-order valence-corrected chi connectivity index (χ3v) is 3.59. The number of halogens is 1. The lowest BCUT2D eigenvalue weighted by Gasteiger charge is -2.26. The quantitative estimate of drug-likeness (QED) is 0.851. The van der Waals surface area contributed by atoms with Crippen LogP contribution in [0.25, 0.3) is 0 Å². The summed E-state index contributed by atoms with van der Waals surface area (Å²) in [6.07, 6.45) is 0. The molecule has 0 amide bonds. The highest BCUT2D eigenvalue weighted by molar-refractivity contribution is 6.30. The predicted molar refractivity (Wildman–Crippen MR) is 81.8 cm³/mol. The van der Waals surface area contributed by atoms with E-state index in [4.69, 9.17) is 22.1 Å². The molecule has 1 aliphatic heterocycles. The van der Waals surface area contributed by atoms with Gasteiger partial charge in [-0.25, -0.2) is 4.79 Å². The Kier molecular flexibility index (Phi) is 4.72. The summed E-state index contributed by atoms with van der Waals surface area (Å²) >= 11 is 5.99. The minimum absolute atomic E-state index is 0.00451. The molecule has 0 aromatic heterocycles. The summed E-state index contributed by atoms with van der Waals surface area (Å²) in [5.41, 5.74) is 6.33. The summed E-state index contributed by atoms with van der Waals surface area (Å²) in [5.74, 6) is -2.69. The molecule has 7 heteroatoms. The highest BCUT2D eigenvalue weighted by atomic mass is 35.5. The molecule has 0 saturated heterocycles. The average molecular weight is 333 g/mol. The fourth-order valence-electron chi connectivity index (χ4n) is 2.38. The number of carbonyl (C=O) groups excluding carboxylic acids is 2. The Bertz CT molecular complexity index is 790. The van der Waals surface area contributed by atoms with Gasteiger partial charge in [-0.2, -0.15) is 5.26 Å². The van der Waals surface area contributed by atoms with Gasteiger partial charge in [0.15, 0.2) is 5.78 Å². The second kappa shape index (κ2) is 6.55. The van der Waals surface area contributed by atoms with E-state index in [1.54, 1.807) is 24.3 Å². The van der Waals surface area contributed by atoms with Crippen LogP contribution >= 0.6 is 11.6 Å². The summed E-state index contributed by atoms with van der Waals surface area (Å²) in [7, 11) is 1.16. The molecule has 1 aliphatic rings. The molecule has 0 aliphatic carbocycles. The first-order valence-electron chi connectivity index (χ1n) is 6.57. The zero-order valence-corrected chi connectivity index (χ0v) is 13.2. The molecule has 1 atom stereocenters. The van der Waals surface area contributed by atoms with Gasteiger partial charge in [0.2, 0.25) is 11.6 Å². The number of nitriles is 1. The second-order valence-electron chi connectivity index (χ2n) is 4.77. The highest BCUT2D eigenvalue weighted by Gasteiger charge is 2.38. The summed E-state index contributed by atoms with van der Waals surface area (Å²) in [5, 5.41) is 9.82. The smallest absolute Gasteiger partial charge is 0.374 e. The maximum Gasteiger partial charge on any atom is 0.374 e. The van der Waals surface area contributed by atoms with Gasteiger partial charge in [-0.1, -0.05) is 23.7 Å². The van der Waals surface area contributed by atoms with Crippen molar-refractivity contribution in [3.8, 4) is 6.07 Å². The van der Waals surface area contributed by atoms with Gasteiger partial charge >= 0.3 is 5.97 Å². The van der Waals surface area contributed by atoms with Crippen LogP contribution in [0.2, 0.25) is 5.02 Å². The minimum atomic E-state index is -0.848. The molecule has 23 heavy (non-hydrogen) atoms. The van der Waals surface area contributed by atoms with E-state index in [2.05, 4.69) is 4.74 Å². The van der Waals surface area contributed by atoms with Crippen LogP contribution in [-0.2, 0) is 19.1 Å². The highest BCUT2D eigenvalue weighted by Crippen LogP contribution is 2.40. The molecule has 0 fully saturated rings. The van der Waals surface area contributed by atoms with Crippen molar-refractivity contribution in [1.82, 2.24) is 0 Å². The number of hydrogen-bond acceptors (Lipinski definition) is 6. The molecule has 1 aromatic rings. The molecule has 6 nitrogen and oxygen atoms in total. The van der Waals surface area contributed by atoms with Crippen LogP contribution in [0.3, 0.4) is 0 Å². The summed E-state index contributed by atoms with van der Waals surface area (Å²) < 4.78 is 9.82. The van der Waals surface area contributed by atoms with Gasteiger partial charge < -0.3 is 15.2 Å². The van der Waals surface area contributed by atoms with Gasteiger partial charge in [-0.05, 0) is 24.6 Å². The number of hydrogen-bond donors (Lipinski definition) is 1. The van der Waals surface area contributed by atoms with Crippen LogP contribution in [0.4, 0.5) is 0 Å². The van der Waals surface area contributed by atoms with Crippen LogP contribution in [0.15, 0.2) is 47.1 Å². The first kappa shape index (κ1) is 16.6. The first-order valence-corrected chi connectivity index (χ1v) is 6.95.